The second kappa shape index (κ2) is 7.13. The summed E-state index contributed by atoms with van der Waals surface area (Å²) in [7, 11) is -3.77. The maximum Gasteiger partial charge on any atom is 0.243 e. The van der Waals surface area contributed by atoms with Crippen LogP contribution in [-0.2, 0) is 10.0 Å². The Balaban J connectivity index is 1.96. The predicted octanol–water partition coefficient (Wildman–Crippen LogP) is 3.35. The summed E-state index contributed by atoms with van der Waals surface area (Å²) in [5, 5.41) is 0.165. The standard InChI is InChI=1S/C14H13Cl2NO3S/c15-12-7-4-8-13(16)14(12)21(18,19)17-9-10-20-11-5-2-1-3-6-11/h1-8,17H,9-10H2. The molecule has 0 spiro atoms. The molecule has 112 valence electrons. The molecule has 0 aliphatic rings. The molecule has 0 saturated carbocycles. The number of sulfonamides is 1. The molecular weight excluding hydrogens is 333 g/mol. The third-order valence-electron chi connectivity index (χ3n) is 2.59. The van der Waals surface area contributed by atoms with Crippen LogP contribution in [0.25, 0.3) is 0 Å². The van der Waals surface area contributed by atoms with Gasteiger partial charge in [0.2, 0.25) is 10.0 Å². The van der Waals surface area contributed by atoms with Gasteiger partial charge in [-0.05, 0) is 24.3 Å². The molecule has 0 aliphatic heterocycles. The minimum absolute atomic E-state index is 0.0824. The van der Waals surface area contributed by atoms with Crippen molar-refractivity contribution in [3.05, 3.63) is 58.6 Å². The summed E-state index contributed by atoms with van der Waals surface area (Å²) in [6.07, 6.45) is 0. The Morgan fingerprint density at radius 3 is 2.19 bits per heavy atom. The van der Waals surface area contributed by atoms with Crippen LogP contribution in [0.1, 0.15) is 0 Å². The summed E-state index contributed by atoms with van der Waals surface area (Å²) in [6.45, 7) is 0.310. The van der Waals surface area contributed by atoms with Crippen LogP contribution >= 0.6 is 23.2 Å². The van der Waals surface area contributed by atoms with Gasteiger partial charge in [0, 0.05) is 6.54 Å². The number of nitrogens with one attached hydrogen (secondary N) is 1. The lowest BCUT2D eigenvalue weighted by Crippen LogP contribution is -2.28. The van der Waals surface area contributed by atoms with Crippen molar-refractivity contribution in [3.63, 3.8) is 0 Å². The van der Waals surface area contributed by atoms with Crippen LogP contribution < -0.4 is 9.46 Å². The number of benzene rings is 2. The minimum atomic E-state index is -3.77. The molecule has 0 bridgehead atoms. The summed E-state index contributed by atoms with van der Waals surface area (Å²) in [6, 6.07) is 13.7. The number of halogens is 2. The van der Waals surface area contributed by atoms with Gasteiger partial charge < -0.3 is 4.74 Å². The van der Waals surface area contributed by atoms with Crippen molar-refractivity contribution in [3.8, 4) is 5.75 Å². The average Bonchev–Trinajstić information content (AvgIpc) is 2.44. The van der Waals surface area contributed by atoms with E-state index in [1.165, 1.54) is 12.1 Å². The van der Waals surface area contributed by atoms with Crippen LogP contribution in [0.15, 0.2) is 53.4 Å². The van der Waals surface area contributed by atoms with Gasteiger partial charge in [-0.1, -0.05) is 47.5 Å². The highest BCUT2D eigenvalue weighted by Gasteiger charge is 2.20. The van der Waals surface area contributed by atoms with Gasteiger partial charge in [-0.15, -0.1) is 0 Å². The first-order valence-electron chi connectivity index (χ1n) is 6.12. The summed E-state index contributed by atoms with van der Waals surface area (Å²) >= 11 is 11.8. The van der Waals surface area contributed by atoms with Gasteiger partial charge in [0.25, 0.3) is 0 Å². The van der Waals surface area contributed by atoms with Crippen molar-refractivity contribution in [1.29, 1.82) is 0 Å². The van der Waals surface area contributed by atoms with Crippen molar-refractivity contribution in [2.24, 2.45) is 0 Å². The first-order valence-corrected chi connectivity index (χ1v) is 8.36. The van der Waals surface area contributed by atoms with Gasteiger partial charge in [-0.3, -0.25) is 0 Å². The first-order chi connectivity index (χ1) is 10.0. The Morgan fingerprint density at radius 1 is 0.952 bits per heavy atom. The fourth-order valence-corrected chi connectivity index (χ4v) is 3.83. The van der Waals surface area contributed by atoms with E-state index in [0.29, 0.717) is 5.75 Å². The van der Waals surface area contributed by atoms with Crippen LogP contribution in [-0.4, -0.2) is 21.6 Å². The Labute approximate surface area is 133 Å². The second-order valence-electron chi connectivity index (χ2n) is 4.11. The SMILES string of the molecule is O=S(=O)(NCCOc1ccccc1)c1c(Cl)cccc1Cl. The quantitative estimate of drug-likeness (QED) is 0.816. The Kier molecular flexibility index (Phi) is 5.47. The van der Waals surface area contributed by atoms with Crippen molar-refractivity contribution < 1.29 is 13.2 Å². The molecule has 0 saturated heterocycles. The van der Waals surface area contributed by atoms with Crippen LogP contribution in [0, 0.1) is 0 Å². The molecule has 0 atom stereocenters. The minimum Gasteiger partial charge on any atom is -0.492 e. The summed E-state index contributed by atoms with van der Waals surface area (Å²) in [5.74, 6) is 0.674. The lowest BCUT2D eigenvalue weighted by molar-refractivity contribution is 0.323. The highest BCUT2D eigenvalue weighted by Crippen LogP contribution is 2.28. The van der Waals surface area contributed by atoms with Crippen molar-refractivity contribution in [1.82, 2.24) is 4.72 Å². The highest BCUT2D eigenvalue weighted by molar-refractivity contribution is 7.89. The maximum atomic E-state index is 12.1. The summed E-state index contributed by atoms with van der Waals surface area (Å²) in [5.41, 5.74) is 0. The van der Waals surface area contributed by atoms with E-state index < -0.39 is 10.0 Å². The van der Waals surface area contributed by atoms with E-state index in [1.54, 1.807) is 18.2 Å². The van der Waals surface area contributed by atoms with Crippen LogP contribution in [0.5, 0.6) is 5.75 Å². The number of hydrogen-bond donors (Lipinski definition) is 1. The van der Waals surface area contributed by atoms with Crippen LogP contribution in [0.3, 0.4) is 0 Å². The van der Waals surface area contributed by atoms with Crippen molar-refractivity contribution in [2.75, 3.05) is 13.2 Å². The molecule has 2 aromatic carbocycles. The van der Waals surface area contributed by atoms with E-state index in [-0.39, 0.29) is 28.1 Å². The zero-order chi connectivity index (χ0) is 15.3. The molecule has 0 amide bonds. The van der Waals surface area contributed by atoms with Crippen LogP contribution in [0.2, 0.25) is 10.0 Å². The Hall–Kier alpha value is -1.27. The van der Waals surface area contributed by atoms with Crippen LogP contribution in [0.4, 0.5) is 0 Å². The monoisotopic (exact) mass is 345 g/mol. The van der Waals surface area contributed by atoms with E-state index in [1.807, 2.05) is 18.2 Å². The van der Waals surface area contributed by atoms with Gasteiger partial charge in [0.15, 0.2) is 0 Å². The molecule has 2 aromatic rings. The van der Waals surface area contributed by atoms with Crippen molar-refractivity contribution in [2.45, 2.75) is 4.90 Å². The third-order valence-corrected chi connectivity index (χ3v) is 5.01. The molecule has 7 heteroatoms. The zero-order valence-corrected chi connectivity index (χ0v) is 13.3. The molecule has 0 unspecified atom stereocenters. The van der Waals surface area contributed by atoms with Gasteiger partial charge in [-0.25, -0.2) is 13.1 Å². The zero-order valence-electron chi connectivity index (χ0n) is 10.9. The molecule has 0 heterocycles. The van der Waals surface area contributed by atoms with Crippen molar-refractivity contribution >= 4 is 33.2 Å². The van der Waals surface area contributed by atoms with E-state index in [9.17, 15) is 8.42 Å². The van der Waals surface area contributed by atoms with Gasteiger partial charge >= 0.3 is 0 Å². The fourth-order valence-electron chi connectivity index (χ4n) is 1.67. The average molecular weight is 346 g/mol. The number of para-hydroxylation sites is 1. The van der Waals surface area contributed by atoms with Gasteiger partial charge in [0.05, 0.1) is 10.0 Å². The smallest absolute Gasteiger partial charge is 0.243 e. The molecular formula is C14H13Cl2NO3S. The van der Waals surface area contributed by atoms with E-state index in [4.69, 9.17) is 27.9 Å². The molecule has 0 radical (unpaired) electrons. The fraction of sp³-hybridized carbons (Fsp3) is 0.143. The van der Waals surface area contributed by atoms with E-state index >= 15 is 0 Å². The molecule has 0 aliphatic carbocycles. The summed E-state index contributed by atoms with van der Waals surface area (Å²) < 4.78 is 32.1. The largest absolute Gasteiger partial charge is 0.492 e. The van der Waals surface area contributed by atoms with E-state index in [2.05, 4.69) is 4.72 Å². The van der Waals surface area contributed by atoms with Gasteiger partial charge in [0.1, 0.15) is 17.3 Å². The lowest BCUT2D eigenvalue weighted by Gasteiger charge is -2.10. The molecule has 0 aromatic heterocycles. The molecule has 1 N–H and O–H groups in total. The second-order valence-corrected chi connectivity index (χ2v) is 6.63. The summed E-state index contributed by atoms with van der Waals surface area (Å²) in [4.78, 5) is -0.118. The maximum absolute atomic E-state index is 12.1. The molecule has 2 rings (SSSR count). The molecule has 4 nitrogen and oxygen atoms in total. The third kappa shape index (κ3) is 4.35. The normalized spacial score (nSPS) is 11.3. The topological polar surface area (TPSA) is 55.4 Å². The molecule has 21 heavy (non-hydrogen) atoms. The number of rotatable bonds is 6. The highest BCUT2D eigenvalue weighted by atomic mass is 35.5. The van der Waals surface area contributed by atoms with Gasteiger partial charge in [-0.2, -0.15) is 0 Å². The van der Waals surface area contributed by atoms with E-state index in [0.717, 1.165) is 0 Å². The number of ether oxygens (including phenoxy) is 1. The first kappa shape index (κ1) is 16.1. The predicted molar refractivity (Wildman–Crippen MR) is 83.6 cm³/mol. The number of hydrogen-bond acceptors (Lipinski definition) is 3. The molecule has 0 fully saturated rings. The lowest BCUT2D eigenvalue weighted by atomic mass is 10.3. The Bertz CT molecular complexity index is 685. The Morgan fingerprint density at radius 2 is 1.57 bits per heavy atom.